The van der Waals surface area contributed by atoms with Crippen LogP contribution < -0.4 is 10.5 Å². The molecule has 1 aromatic rings. The highest BCUT2D eigenvalue weighted by atomic mass is 79.9. The molecule has 2 N–H and O–H groups in total. The fourth-order valence-electron chi connectivity index (χ4n) is 2.28. The standard InChI is InChI=1S/C13H20BrN3O3S/c1-9-8-17(5-4-16(9)2)21(18,19)13-7-11(15)10(14)6-12(13)20-3/h6-7,9H,4-5,8,15H2,1-3H3. The van der Waals surface area contributed by atoms with Crippen molar-refractivity contribution in [1.29, 1.82) is 0 Å². The van der Waals surface area contributed by atoms with Crippen molar-refractivity contribution in [3.8, 4) is 5.75 Å². The summed E-state index contributed by atoms with van der Waals surface area (Å²) in [4.78, 5) is 2.25. The van der Waals surface area contributed by atoms with Crippen LogP contribution in [-0.4, -0.2) is 57.5 Å². The minimum absolute atomic E-state index is 0.113. The van der Waals surface area contributed by atoms with Crippen LogP contribution in [0.3, 0.4) is 0 Å². The van der Waals surface area contributed by atoms with Gasteiger partial charge in [0.15, 0.2) is 0 Å². The Balaban J connectivity index is 2.42. The average Bonchev–Trinajstić information content (AvgIpc) is 2.44. The number of nitrogen functional groups attached to an aromatic ring is 1. The summed E-state index contributed by atoms with van der Waals surface area (Å²) < 4.78 is 33.0. The number of hydrogen-bond acceptors (Lipinski definition) is 5. The summed E-state index contributed by atoms with van der Waals surface area (Å²) in [5.41, 5.74) is 6.20. The van der Waals surface area contributed by atoms with E-state index in [0.717, 1.165) is 0 Å². The van der Waals surface area contributed by atoms with Gasteiger partial charge in [-0.15, -0.1) is 0 Å². The van der Waals surface area contributed by atoms with Gasteiger partial charge in [-0.2, -0.15) is 4.31 Å². The molecule has 118 valence electrons. The van der Waals surface area contributed by atoms with Crippen molar-refractivity contribution in [2.45, 2.75) is 17.9 Å². The number of piperazine rings is 1. The second-order valence-electron chi connectivity index (χ2n) is 5.22. The Labute approximate surface area is 134 Å². The van der Waals surface area contributed by atoms with Crippen molar-refractivity contribution >= 4 is 31.6 Å². The number of benzene rings is 1. The lowest BCUT2D eigenvalue weighted by molar-refractivity contribution is 0.159. The first-order valence-electron chi connectivity index (χ1n) is 6.60. The van der Waals surface area contributed by atoms with Gasteiger partial charge in [0.2, 0.25) is 10.0 Å². The van der Waals surface area contributed by atoms with Crippen LogP contribution in [-0.2, 0) is 10.0 Å². The summed E-state index contributed by atoms with van der Waals surface area (Å²) in [7, 11) is -0.179. The number of halogens is 1. The molecule has 1 saturated heterocycles. The number of rotatable bonds is 3. The second kappa shape index (κ2) is 6.12. The van der Waals surface area contributed by atoms with Crippen LogP contribution in [0.5, 0.6) is 5.75 Å². The summed E-state index contributed by atoms with van der Waals surface area (Å²) in [5.74, 6) is 0.294. The molecule has 6 nitrogen and oxygen atoms in total. The van der Waals surface area contributed by atoms with Crippen molar-refractivity contribution in [2.24, 2.45) is 0 Å². The Hall–Kier alpha value is -0.830. The molecular weight excluding hydrogens is 358 g/mol. The van der Waals surface area contributed by atoms with Crippen molar-refractivity contribution in [1.82, 2.24) is 9.21 Å². The van der Waals surface area contributed by atoms with Gasteiger partial charge in [-0.3, -0.25) is 0 Å². The molecule has 1 heterocycles. The fraction of sp³-hybridized carbons (Fsp3) is 0.538. The molecule has 1 aliphatic rings. The van der Waals surface area contributed by atoms with Crippen molar-refractivity contribution in [2.75, 3.05) is 39.5 Å². The number of methoxy groups -OCH3 is 1. The van der Waals surface area contributed by atoms with Crippen LogP contribution in [0.2, 0.25) is 0 Å². The van der Waals surface area contributed by atoms with Gasteiger partial charge < -0.3 is 15.4 Å². The normalized spacial score (nSPS) is 21.4. The monoisotopic (exact) mass is 377 g/mol. The van der Waals surface area contributed by atoms with E-state index in [9.17, 15) is 8.42 Å². The summed E-state index contributed by atoms with van der Waals surface area (Å²) >= 11 is 3.28. The van der Waals surface area contributed by atoms with E-state index in [1.54, 1.807) is 6.07 Å². The molecule has 0 aromatic heterocycles. The molecule has 1 atom stereocenters. The Morgan fingerprint density at radius 2 is 2.05 bits per heavy atom. The molecule has 8 heteroatoms. The Morgan fingerprint density at radius 1 is 1.38 bits per heavy atom. The van der Waals surface area contributed by atoms with Crippen LogP contribution in [0, 0.1) is 0 Å². The molecule has 0 radical (unpaired) electrons. The van der Waals surface area contributed by atoms with Crippen LogP contribution in [0.4, 0.5) is 5.69 Å². The van der Waals surface area contributed by atoms with Gasteiger partial charge in [-0.05, 0) is 42.0 Å². The van der Waals surface area contributed by atoms with Gasteiger partial charge in [0.25, 0.3) is 0 Å². The zero-order valence-corrected chi connectivity index (χ0v) is 14.7. The minimum Gasteiger partial charge on any atom is -0.495 e. The molecule has 0 aliphatic carbocycles. The molecule has 1 unspecified atom stereocenters. The van der Waals surface area contributed by atoms with Gasteiger partial charge in [0.1, 0.15) is 10.6 Å². The van der Waals surface area contributed by atoms with Crippen LogP contribution in [0.15, 0.2) is 21.5 Å². The third-order valence-corrected chi connectivity index (χ3v) is 6.40. The Bertz CT molecular complexity index is 636. The second-order valence-corrected chi connectivity index (χ2v) is 7.98. The van der Waals surface area contributed by atoms with E-state index >= 15 is 0 Å². The molecule has 0 saturated carbocycles. The van der Waals surface area contributed by atoms with E-state index in [-0.39, 0.29) is 10.9 Å². The molecule has 1 fully saturated rings. The number of ether oxygens (including phenoxy) is 1. The summed E-state index contributed by atoms with van der Waals surface area (Å²) in [6, 6.07) is 3.20. The van der Waals surface area contributed by atoms with E-state index in [0.29, 0.717) is 35.5 Å². The predicted octanol–water partition coefficient (Wildman–Crippen LogP) is 1.36. The van der Waals surface area contributed by atoms with Gasteiger partial charge in [0.05, 0.1) is 7.11 Å². The molecule has 1 aromatic carbocycles. The molecule has 2 rings (SSSR count). The summed E-state index contributed by atoms with van der Waals surface area (Å²) in [6.45, 7) is 3.63. The number of nitrogens with two attached hydrogens (primary N) is 1. The third kappa shape index (κ3) is 3.18. The lowest BCUT2D eigenvalue weighted by Crippen LogP contribution is -2.51. The van der Waals surface area contributed by atoms with Crippen LogP contribution in [0.25, 0.3) is 0 Å². The van der Waals surface area contributed by atoms with Crippen LogP contribution in [0.1, 0.15) is 6.92 Å². The molecule has 0 bridgehead atoms. The highest BCUT2D eigenvalue weighted by Crippen LogP contribution is 2.34. The van der Waals surface area contributed by atoms with E-state index in [4.69, 9.17) is 10.5 Å². The number of sulfonamides is 1. The van der Waals surface area contributed by atoms with E-state index < -0.39 is 10.0 Å². The Kier molecular flexibility index (Phi) is 4.82. The molecule has 1 aliphatic heterocycles. The van der Waals surface area contributed by atoms with Crippen molar-refractivity contribution in [3.05, 3.63) is 16.6 Å². The number of likely N-dealkylation sites (N-methyl/N-ethyl adjacent to an activating group) is 1. The smallest absolute Gasteiger partial charge is 0.246 e. The average molecular weight is 378 g/mol. The van der Waals surface area contributed by atoms with E-state index in [1.165, 1.54) is 17.5 Å². The first-order chi connectivity index (χ1) is 9.77. The molecule has 0 amide bonds. The zero-order valence-electron chi connectivity index (χ0n) is 12.3. The predicted molar refractivity (Wildman–Crippen MR) is 86.0 cm³/mol. The van der Waals surface area contributed by atoms with Gasteiger partial charge in [-0.25, -0.2) is 8.42 Å². The fourth-order valence-corrected chi connectivity index (χ4v) is 4.29. The maximum absolute atomic E-state index is 12.8. The number of hydrogen-bond donors (Lipinski definition) is 1. The first kappa shape index (κ1) is 16.5. The quantitative estimate of drug-likeness (QED) is 0.804. The maximum Gasteiger partial charge on any atom is 0.246 e. The number of nitrogens with zero attached hydrogens (tertiary/aromatic N) is 2. The lowest BCUT2D eigenvalue weighted by atomic mass is 10.2. The zero-order chi connectivity index (χ0) is 15.8. The maximum atomic E-state index is 12.8. The number of anilines is 1. The van der Waals surface area contributed by atoms with Gasteiger partial charge >= 0.3 is 0 Å². The van der Waals surface area contributed by atoms with Crippen molar-refractivity contribution < 1.29 is 13.2 Å². The van der Waals surface area contributed by atoms with Crippen molar-refractivity contribution in [3.63, 3.8) is 0 Å². The third-order valence-electron chi connectivity index (χ3n) is 3.82. The van der Waals surface area contributed by atoms with E-state index in [2.05, 4.69) is 20.8 Å². The summed E-state index contributed by atoms with van der Waals surface area (Å²) in [5, 5.41) is 0. The lowest BCUT2D eigenvalue weighted by Gasteiger charge is -2.37. The minimum atomic E-state index is -3.62. The topological polar surface area (TPSA) is 75.9 Å². The van der Waals surface area contributed by atoms with Gasteiger partial charge in [-0.1, -0.05) is 0 Å². The SMILES string of the molecule is COc1cc(Br)c(N)cc1S(=O)(=O)N1CCN(C)C(C)C1. The first-order valence-corrected chi connectivity index (χ1v) is 8.84. The Morgan fingerprint density at radius 3 is 2.62 bits per heavy atom. The molecule has 0 spiro atoms. The highest BCUT2D eigenvalue weighted by molar-refractivity contribution is 9.10. The highest BCUT2D eigenvalue weighted by Gasteiger charge is 2.33. The van der Waals surface area contributed by atoms with Crippen LogP contribution >= 0.6 is 15.9 Å². The molecule has 21 heavy (non-hydrogen) atoms. The van der Waals surface area contributed by atoms with E-state index in [1.807, 2.05) is 14.0 Å². The summed E-state index contributed by atoms with van der Waals surface area (Å²) in [6.07, 6.45) is 0. The largest absolute Gasteiger partial charge is 0.495 e. The molecular formula is C13H20BrN3O3S. The van der Waals surface area contributed by atoms with Gasteiger partial charge in [0, 0.05) is 35.8 Å².